The summed E-state index contributed by atoms with van der Waals surface area (Å²) in [6, 6.07) is 0. The fourth-order valence-electron chi connectivity index (χ4n) is 1.64. The lowest BCUT2D eigenvalue weighted by atomic mass is 10.4. The van der Waals surface area contributed by atoms with Crippen LogP contribution in [0.3, 0.4) is 0 Å². The van der Waals surface area contributed by atoms with Crippen LogP contribution in [0.5, 0.6) is 0 Å². The summed E-state index contributed by atoms with van der Waals surface area (Å²) in [5.41, 5.74) is -0.00616. The molecule has 5 heteroatoms. The van der Waals surface area contributed by atoms with Crippen molar-refractivity contribution in [2.45, 2.75) is 26.8 Å². The first-order chi connectivity index (χ1) is 8.20. The minimum Gasteiger partial charge on any atom is -0.354 e. The summed E-state index contributed by atoms with van der Waals surface area (Å²) in [7, 11) is 1.90. The summed E-state index contributed by atoms with van der Waals surface area (Å²) >= 11 is 0. The topological polar surface area (TPSA) is 50.2 Å². The molecule has 0 fully saturated rings. The molecule has 1 rings (SSSR count). The van der Waals surface area contributed by atoms with E-state index in [4.69, 9.17) is 0 Å². The van der Waals surface area contributed by atoms with Gasteiger partial charge in [-0.1, -0.05) is 13.8 Å². The Labute approximate surface area is 102 Å². The van der Waals surface area contributed by atoms with E-state index >= 15 is 0 Å². The van der Waals surface area contributed by atoms with Crippen molar-refractivity contribution in [2.24, 2.45) is 0 Å². The number of aryl methyl sites for hydroxylation is 1. The first-order valence-electron chi connectivity index (χ1n) is 6.18. The quantitative estimate of drug-likeness (QED) is 0.710. The summed E-state index contributed by atoms with van der Waals surface area (Å²) in [4.78, 5) is 18.1. The Morgan fingerprint density at radius 2 is 2.24 bits per heavy atom. The largest absolute Gasteiger partial charge is 0.354 e. The van der Waals surface area contributed by atoms with Gasteiger partial charge in [-0.15, -0.1) is 0 Å². The molecule has 1 aromatic rings. The summed E-state index contributed by atoms with van der Waals surface area (Å²) < 4.78 is 1.71. The molecule has 1 heterocycles. The van der Waals surface area contributed by atoms with Crippen LogP contribution >= 0.6 is 0 Å². The molecule has 0 aliphatic rings. The molecule has 0 spiro atoms. The predicted octanol–water partition coefficient (Wildman–Crippen LogP) is 0.699. The Balaban J connectivity index is 2.76. The van der Waals surface area contributed by atoms with Gasteiger partial charge in [0.15, 0.2) is 5.82 Å². The van der Waals surface area contributed by atoms with E-state index in [1.54, 1.807) is 17.0 Å². The van der Waals surface area contributed by atoms with E-state index in [1.807, 2.05) is 11.9 Å². The van der Waals surface area contributed by atoms with Gasteiger partial charge in [-0.25, -0.2) is 4.98 Å². The molecule has 0 saturated carbocycles. The second kappa shape index (κ2) is 7.06. The van der Waals surface area contributed by atoms with Gasteiger partial charge >= 0.3 is 0 Å². The van der Waals surface area contributed by atoms with E-state index < -0.39 is 0 Å². The van der Waals surface area contributed by atoms with Crippen LogP contribution in [0.15, 0.2) is 17.2 Å². The highest BCUT2D eigenvalue weighted by molar-refractivity contribution is 5.34. The Kier molecular flexibility index (Phi) is 5.69. The molecule has 0 unspecified atom stereocenters. The third-order valence-electron chi connectivity index (χ3n) is 2.60. The number of hydrogen-bond acceptors (Lipinski definition) is 4. The van der Waals surface area contributed by atoms with Crippen molar-refractivity contribution in [3.8, 4) is 0 Å². The van der Waals surface area contributed by atoms with Gasteiger partial charge in [-0.2, -0.15) is 0 Å². The molecule has 0 bridgehead atoms. The highest BCUT2D eigenvalue weighted by Crippen LogP contribution is 1.99. The molecule has 0 atom stereocenters. The lowest BCUT2D eigenvalue weighted by Gasteiger charge is -2.18. The molecule has 1 aromatic heterocycles. The van der Waals surface area contributed by atoms with Crippen molar-refractivity contribution < 1.29 is 0 Å². The van der Waals surface area contributed by atoms with E-state index in [9.17, 15) is 4.79 Å². The first-order valence-corrected chi connectivity index (χ1v) is 6.18. The smallest absolute Gasteiger partial charge is 0.293 e. The van der Waals surface area contributed by atoms with Crippen molar-refractivity contribution in [1.29, 1.82) is 0 Å². The molecular weight excluding hydrogens is 216 g/mol. The van der Waals surface area contributed by atoms with Crippen LogP contribution in [0.4, 0.5) is 5.82 Å². The monoisotopic (exact) mass is 238 g/mol. The highest BCUT2D eigenvalue weighted by atomic mass is 16.1. The van der Waals surface area contributed by atoms with Crippen molar-refractivity contribution in [3.05, 3.63) is 22.7 Å². The van der Waals surface area contributed by atoms with Crippen molar-refractivity contribution in [1.82, 2.24) is 14.9 Å². The average molecular weight is 238 g/mol. The Hall–Kier alpha value is -1.36. The molecule has 0 saturated heterocycles. The average Bonchev–Trinajstić information content (AvgIpc) is 2.32. The maximum Gasteiger partial charge on any atom is 0.293 e. The lowest BCUT2D eigenvalue weighted by molar-refractivity contribution is 0.640. The molecule has 0 radical (unpaired) electrons. The van der Waals surface area contributed by atoms with Gasteiger partial charge in [0.25, 0.3) is 5.56 Å². The molecule has 5 nitrogen and oxygen atoms in total. The zero-order valence-electron chi connectivity index (χ0n) is 10.9. The molecule has 0 amide bonds. The van der Waals surface area contributed by atoms with Crippen molar-refractivity contribution in [3.63, 3.8) is 0 Å². The molecule has 0 aliphatic heterocycles. The molecular formula is C12H22N4O. The lowest BCUT2D eigenvalue weighted by Crippen LogP contribution is -2.35. The summed E-state index contributed by atoms with van der Waals surface area (Å²) in [5.74, 6) is 0.527. The number of aromatic nitrogens is 2. The molecule has 0 aromatic carbocycles. The van der Waals surface area contributed by atoms with E-state index in [2.05, 4.69) is 24.1 Å². The van der Waals surface area contributed by atoms with Gasteiger partial charge in [-0.3, -0.25) is 4.79 Å². The number of anilines is 1. The fraction of sp³-hybridized carbons (Fsp3) is 0.667. The van der Waals surface area contributed by atoms with E-state index in [1.165, 1.54) is 0 Å². The van der Waals surface area contributed by atoms with Crippen molar-refractivity contribution >= 4 is 5.82 Å². The SMILES string of the molecule is CCCn1ccnc(N(C)CCNCC)c1=O. The predicted molar refractivity (Wildman–Crippen MR) is 70.6 cm³/mol. The van der Waals surface area contributed by atoms with Gasteiger partial charge in [0, 0.05) is 39.1 Å². The van der Waals surface area contributed by atoms with Gasteiger partial charge in [0.2, 0.25) is 0 Å². The Morgan fingerprint density at radius 1 is 1.47 bits per heavy atom. The zero-order chi connectivity index (χ0) is 12.7. The number of nitrogens with one attached hydrogen (secondary N) is 1. The number of hydrogen-bond donors (Lipinski definition) is 1. The van der Waals surface area contributed by atoms with E-state index in [-0.39, 0.29) is 5.56 Å². The van der Waals surface area contributed by atoms with Crippen LogP contribution < -0.4 is 15.8 Å². The zero-order valence-corrected chi connectivity index (χ0v) is 10.9. The molecule has 17 heavy (non-hydrogen) atoms. The van der Waals surface area contributed by atoms with E-state index in [0.717, 1.165) is 32.6 Å². The number of rotatable bonds is 7. The third-order valence-corrected chi connectivity index (χ3v) is 2.60. The minimum atomic E-state index is -0.00616. The highest BCUT2D eigenvalue weighted by Gasteiger charge is 2.08. The van der Waals surface area contributed by atoms with Crippen LogP contribution in [0.2, 0.25) is 0 Å². The van der Waals surface area contributed by atoms with Crippen LogP contribution in [0.25, 0.3) is 0 Å². The number of nitrogens with zero attached hydrogens (tertiary/aromatic N) is 3. The maximum absolute atomic E-state index is 12.1. The standard InChI is InChI=1S/C12H22N4O/c1-4-8-16-10-7-14-11(12(16)17)15(3)9-6-13-5-2/h7,10,13H,4-6,8-9H2,1-3H3. The summed E-state index contributed by atoms with van der Waals surface area (Å²) in [6.07, 6.45) is 4.38. The van der Waals surface area contributed by atoms with Gasteiger partial charge < -0.3 is 14.8 Å². The van der Waals surface area contributed by atoms with Crippen LogP contribution in [0.1, 0.15) is 20.3 Å². The Morgan fingerprint density at radius 3 is 2.88 bits per heavy atom. The van der Waals surface area contributed by atoms with Crippen LogP contribution in [-0.2, 0) is 6.54 Å². The normalized spacial score (nSPS) is 10.5. The van der Waals surface area contributed by atoms with Crippen molar-refractivity contribution in [2.75, 3.05) is 31.6 Å². The van der Waals surface area contributed by atoms with Gasteiger partial charge in [-0.05, 0) is 13.0 Å². The first kappa shape index (κ1) is 13.7. The van der Waals surface area contributed by atoms with Gasteiger partial charge in [0.05, 0.1) is 0 Å². The summed E-state index contributed by atoms with van der Waals surface area (Å²) in [6.45, 7) is 7.45. The molecule has 96 valence electrons. The third kappa shape index (κ3) is 3.85. The fourth-order valence-corrected chi connectivity index (χ4v) is 1.64. The van der Waals surface area contributed by atoms with Crippen LogP contribution in [0, 0.1) is 0 Å². The van der Waals surface area contributed by atoms with Gasteiger partial charge in [0.1, 0.15) is 0 Å². The van der Waals surface area contributed by atoms with Crippen LogP contribution in [-0.4, -0.2) is 36.2 Å². The second-order valence-electron chi connectivity index (χ2n) is 4.02. The Bertz CT molecular complexity index is 388. The maximum atomic E-state index is 12.1. The summed E-state index contributed by atoms with van der Waals surface area (Å²) in [5, 5.41) is 3.23. The molecule has 1 N–H and O–H groups in total. The second-order valence-corrected chi connectivity index (χ2v) is 4.02. The molecule has 0 aliphatic carbocycles. The minimum absolute atomic E-state index is 0.00616. The number of likely N-dealkylation sites (N-methyl/N-ethyl adjacent to an activating group) is 2. The van der Waals surface area contributed by atoms with E-state index in [0.29, 0.717) is 5.82 Å².